The van der Waals surface area contributed by atoms with E-state index in [-0.39, 0.29) is 0 Å². The van der Waals surface area contributed by atoms with E-state index in [9.17, 15) is 4.79 Å². The number of hydrogen-bond donors (Lipinski definition) is 2. The van der Waals surface area contributed by atoms with Gasteiger partial charge in [-0.05, 0) is 53.0 Å². The van der Waals surface area contributed by atoms with Crippen LogP contribution in [0.5, 0.6) is 0 Å². The second-order valence-corrected chi connectivity index (χ2v) is 8.16. The van der Waals surface area contributed by atoms with E-state index in [2.05, 4.69) is 24.0 Å². The molecule has 0 saturated carbocycles. The zero-order chi connectivity index (χ0) is 22.7. The molecule has 0 aliphatic carbocycles. The highest BCUT2D eigenvalue weighted by atomic mass is 35.5. The number of para-hydroxylation sites is 1. The smallest absolute Gasteiger partial charge is 0.328 e. The van der Waals surface area contributed by atoms with Crippen LogP contribution in [0.2, 0.25) is 10.0 Å². The number of aromatic nitrogens is 1. The molecule has 0 saturated heterocycles. The van der Waals surface area contributed by atoms with Gasteiger partial charge in [-0.1, -0.05) is 84.7 Å². The van der Waals surface area contributed by atoms with Crippen LogP contribution in [0.3, 0.4) is 0 Å². The summed E-state index contributed by atoms with van der Waals surface area (Å²) in [6.07, 6.45) is 3.45. The maximum atomic E-state index is 10.8. The fourth-order valence-corrected chi connectivity index (χ4v) is 4.28. The van der Waals surface area contributed by atoms with Gasteiger partial charge in [-0.2, -0.15) is 0 Å². The lowest BCUT2D eigenvalue weighted by molar-refractivity contribution is -0.131. The highest BCUT2D eigenvalue weighted by molar-refractivity contribution is 6.43. The van der Waals surface area contributed by atoms with E-state index in [1.807, 2.05) is 54.6 Å². The first-order chi connectivity index (χ1) is 15.5. The Kier molecular flexibility index (Phi) is 6.50. The highest BCUT2D eigenvalue weighted by Gasteiger charge is 2.18. The summed E-state index contributed by atoms with van der Waals surface area (Å²) in [5.41, 5.74) is 6.83. The number of hydrogen-bond acceptors (Lipinski definition) is 1. The molecule has 0 aliphatic rings. The van der Waals surface area contributed by atoms with Gasteiger partial charge >= 0.3 is 5.97 Å². The average molecular weight is 462 g/mol. The summed E-state index contributed by atoms with van der Waals surface area (Å²) < 4.78 is 0. The Morgan fingerprint density at radius 3 is 2.44 bits per heavy atom. The lowest BCUT2D eigenvalue weighted by Gasteiger charge is -2.16. The minimum absolute atomic E-state index is 0.514. The van der Waals surface area contributed by atoms with Crippen LogP contribution in [0.15, 0.2) is 78.9 Å². The van der Waals surface area contributed by atoms with E-state index in [1.165, 1.54) is 0 Å². The van der Waals surface area contributed by atoms with Gasteiger partial charge in [-0.15, -0.1) is 0 Å². The largest absolute Gasteiger partial charge is 0.478 e. The van der Waals surface area contributed by atoms with Crippen LogP contribution < -0.4 is 0 Å². The molecule has 5 heteroatoms. The van der Waals surface area contributed by atoms with E-state index in [1.54, 1.807) is 12.1 Å². The van der Waals surface area contributed by atoms with E-state index < -0.39 is 5.97 Å². The summed E-state index contributed by atoms with van der Waals surface area (Å²) in [5.74, 6) is -0.975. The third kappa shape index (κ3) is 4.50. The molecule has 0 radical (unpaired) electrons. The third-order valence-electron chi connectivity index (χ3n) is 5.35. The van der Waals surface area contributed by atoms with Gasteiger partial charge in [0, 0.05) is 28.2 Å². The van der Waals surface area contributed by atoms with E-state index in [4.69, 9.17) is 28.3 Å². The van der Waals surface area contributed by atoms with Crippen LogP contribution in [0.25, 0.3) is 28.1 Å². The molecule has 2 N–H and O–H groups in total. The maximum Gasteiger partial charge on any atom is 0.328 e. The van der Waals surface area contributed by atoms with Gasteiger partial charge in [-0.25, -0.2) is 4.79 Å². The molecular weight excluding hydrogens is 441 g/mol. The zero-order valence-electron chi connectivity index (χ0n) is 17.4. The number of carboxylic acid groups (broad SMARTS) is 1. The molecule has 0 fully saturated rings. The van der Waals surface area contributed by atoms with Crippen molar-refractivity contribution < 1.29 is 9.90 Å². The Bertz CT molecular complexity index is 1310. The van der Waals surface area contributed by atoms with Gasteiger partial charge < -0.3 is 10.1 Å². The van der Waals surface area contributed by atoms with Gasteiger partial charge in [-0.3, -0.25) is 0 Å². The zero-order valence-corrected chi connectivity index (χ0v) is 18.9. The van der Waals surface area contributed by atoms with Crippen molar-refractivity contribution in [2.24, 2.45) is 0 Å². The lowest BCUT2D eigenvalue weighted by Crippen LogP contribution is -1.96. The van der Waals surface area contributed by atoms with Crippen LogP contribution >= 0.6 is 23.2 Å². The number of fused-ring (bicyclic) bond motifs is 1. The molecule has 160 valence electrons. The second-order valence-electron chi connectivity index (χ2n) is 7.37. The van der Waals surface area contributed by atoms with Crippen LogP contribution in [0, 0.1) is 0 Å². The van der Waals surface area contributed by atoms with Gasteiger partial charge in [0.25, 0.3) is 0 Å². The maximum absolute atomic E-state index is 10.8. The number of allylic oxidation sites excluding steroid dienone is 1. The lowest BCUT2D eigenvalue weighted by atomic mass is 9.90. The monoisotopic (exact) mass is 461 g/mol. The van der Waals surface area contributed by atoms with Crippen molar-refractivity contribution in [2.75, 3.05) is 0 Å². The minimum atomic E-state index is -0.975. The first-order valence-electron chi connectivity index (χ1n) is 10.2. The van der Waals surface area contributed by atoms with Crippen LogP contribution in [0.4, 0.5) is 0 Å². The molecule has 3 aromatic carbocycles. The number of nitrogens with one attached hydrogen (secondary N) is 1. The number of aromatic amines is 1. The predicted octanol–water partition coefficient (Wildman–Crippen LogP) is 7.94. The van der Waals surface area contributed by atoms with E-state index >= 15 is 0 Å². The second kappa shape index (κ2) is 9.47. The highest BCUT2D eigenvalue weighted by Crippen LogP contribution is 2.39. The Balaban J connectivity index is 1.95. The van der Waals surface area contributed by atoms with Crippen molar-refractivity contribution in [3.05, 3.63) is 111 Å². The molecule has 1 heterocycles. The molecule has 32 heavy (non-hydrogen) atoms. The number of carboxylic acids is 1. The van der Waals surface area contributed by atoms with E-state index in [0.717, 1.165) is 56.9 Å². The molecule has 0 unspecified atom stereocenters. The Hall–Kier alpha value is -3.27. The van der Waals surface area contributed by atoms with Crippen molar-refractivity contribution in [3.8, 4) is 0 Å². The first-order valence-corrected chi connectivity index (χ1v) is 11.0. The topological polar surface area (TPSA) is 53.1 Å². The number of aliphatic carboxylic acids is 1. The number of rotatable bonds is 6. The summed E-state index contributed by atoms with van der Waals surface area (Å²) in [4.78, 5) is 14.4. The van der Waals surface area contributed by atoms with Crippen LogP contribution in [-0.2, 0) is 4.79 Å². The molecule has 0 spiro atoms. The van der Waals surface area contributed by atoms with Crippen molar-refractivity contribution in [1.29, 1.82) is 0 Å². The Morgan fingerprint density at radius 1 is 1.00 bits per heavy atom. The van der Waals surface area contributed by atoms with E-state index in [0.29, 0.717) is 10.0 Å². The van der Waals surface area contributed by atoms with Gasteiger partial charge in [0.1, 0.15) is 0 Å². The number of halogens is 2. The SMILES string of the molecule is CC/C(=C(/c1ccc(/C=C/C(=O)O)cc1)c1cc2ccccc2[nH]1)c1cccc(Cl)c1Cl. The quantitative estimate of drug-likeness (QED) is 0.226. The standard InChI is InChI=1S/C27H21Cl2NO2/c1-2-20(21-7-5-8-22(28)27(21)29)26(24-16-19-6-3-4-9-23(19)30-24)18-13-10-17(11-14-18)12-15-25(31)32/h3-16,30H,2H2,1H3,(H,31,32)/b15-12+,26-20+. The fraction of sp³-hybridized carbons (Fsp3) is 0.0741. The molecule has 0 bridgehead atoms. The molecule has 4 aromatic rings. The molecule has 0 aliphatic heterocycles. The molecule has 0 amide bonds. The minimum Gasteiger partial charge on any atom is -0.478 e. The first kappa shape index (κ1) is 21.9. The van der Waals surface area contributed by atoms with Crippen LogP contribution in [-0.4, -0.2) is 16.1 Å². The van der Waals surface area contributed by atoms with Crippen molar-refractivity contribution in [3.63, 3.8) is 0 Å². The fourth-order valence-electron chi connectivity index (χ4n) is 3.87. The summed E-state index contributed by atoms with van der Waals surface area (Å²) in [6.45, 7) is 2.10. The summed E-state index contributed by atoms with van der Waals surface area (Å²) in [6, 6.07) is 23.8. The van der Waals surface area contributed by atoms with Crippen molar-refractivity contribution >= 4 is 57.3 Å². The molecule has 1 aromatic heterocycles. The predicted molar refractivity (Wildman–Crippen MR) is 134 cm³/mol. The number of benzene rings is 3. The van der Waals surface area contributed by atoms with Crippen LogP contribution in [0.1, 0.15) is 35.7 Å². The average Bonchev–Trinajstić information content (AvgIpc) is 3.22. The summed E-state index contributed by atoms with van der Waals surface area (Å²) in [7, 11) is 0. The summed E-state index contributed by atoms with van der Waals surface area (Å²) >= 11 is 13.0. The van der Waals surface area contributed by atoms with Gasteiger partial charge in [0.15, 0.2) is 0 Å². The molecule has 0 atom stereocenters. The number of H-pyrrole nitrogens is 1. The Morgan fingerprint density at radius 2 is 1.75 bits per heavy atom. The normalized spacial score (nSPS) is 12.3. The summed E-state index contributed by atoms with van der Waals surface area (Å²) in [5, 5.41) is 11.1. The Labute approximate surface area is 196 Å². The number of carbonyl (C=O) groups is 1. The molecular formula is C27H21Cl2NO2. The van der Waals surface area contributed by atoms with Crippen molar-refractivity contribution in [1.82, 2.24) is 4.98 Å². The van der Waals surface area contributed by atoms with Gasteiger partial charge in [0.05, 0.1) is 10.0 Å². The molecule has 3 nitrogen and oxygen atoms in total. The molecule has 4 rings (SSSR count). The van der Waals surface area contributed by atoms with Gasteiger partial charge in [0.2, 0.25) is 0 Å². The third-order valence-corrected chi connectivity index (χ3v) is 6.17. The van der Waals surface area contributed by atoms with Crippen molar-refractivity contribution in [2.45, 2.75) is 13.3 Å².